The molecule has 38 nitrogen and oxygen atoms in total. The first-order chi connectivity index (χ1) is 60.2. The zero-order chi connectivity index (χ0) is 99.5. The molecule has 16 atom stereocenters. The van der Waals surface area contributed by atoms with Crippen molar-refractivity contribution >= 4 is 94.5 Å². The van der Waals surface area contributed by atoms with E-state index in [1.54, 1.807) is 118 Å². The first-order valence-electron chi connectivity index (χ1n) is 47.0. The molecule has 0 spiro atoms. The minimum absolute atomic E-state index is 0.0218. The molecule has 0 aromatic carbocycles. The van der Waals surface area contributed by atoms with Crippen molar-refractivity contribution in [2.75, 3.05) is 137 Å². The molecule has 129 heavy (non-hydrogen) atoms. The fourth-order valence-corrected chi connectivity index (χ4v) is 14.1. The number of carbonyl (C=O) groups excluding carboxylic acids is 16. The Kier molecular flexibility index (Phi) is 57.0. The Hall–Kier alpha value is -8.72. The van der Waals surface area contributed by atoms with Crippen LogP contribution in [0.5, 0.6) is 0 Å². The van der Waals surface area contributed by atoms with Gasteiger partial charge in [0, 0.05) is 99.2 Å². The van der Waals surface area contributed by atoms with E-state index in [0.717, 1.165) is 26.0 Å². The van der Waals surface area contributed by atoms with Crippen LogP contribution in [0.1, 0.15) is 258 Å². The molecule has 0 bridgehead atoms. The van der Waals surface area contributed by atoms with Crippen LogP contribution in [-0.4, -0.2) is 428 Å². The maximum absolute atomic E-state index is 15.0. The lowest BCUT2D eigenvalue weighted by atomic mass is 10.1. The summed E-state index contributed by atoms with van der Waals surface area (Å²) in [5, 5.41) is 57.0. The first kappa shape index (κ1) is 120. The molecule has 744 valence electrons. The number of rotatable bonds is 64. The standard InChI is InChI=1S/C91H169N17O21/c1-28-60(12)93-39-77(115)100(62(14)30-3)51-78(116)95(41-72(24)110)47-84(122)105(67(19)35-8)56-89(127)102(64(16)32-5)53-80(118)97(43-74(26)112)49-86(124)107(69(21)37-10)58-91(129)104(66(18)34-7)55-82(120)98(44-75(27)113)50-87(125)108(70(22)38-11)59-90(128)103(65(17)33-6)54-81(119)96(42-73(25)111)48-85(123)106(68(20)36-9)57-88(126)101(63(15)31-4)52-79(117)94(40-71(23)109)46-83(121)99(45-76(92)114)61(13)29-2/h60-75,93,109-113H,28-59H2,1-27H3,(H2,92,114). The third kappa shape index (κ3) is 41.7. The fourth-order valence-electron chi connectivity index (χ4n) is 14.1. The van der Waals surface area contributed by atoms with E-state index in [2.05, 4.69) is 5.32 Å². The van der Waals surface area contributed by atoms with Crippen molar-refractivity contribution in [2.45, 2.75) is 355 Å². The second-order valence-corrected chi connectivity index (χ2v) is 35.6. The number of aliphatic hydroxyl groups is 5. The van der Waals surface area contributed by atoms with Crippen molar-refractivity contribution in [2.24, 2.45) is 5.73 Å². The molecule has 16 unspecified atom stereocenters. The van der Waals surface area contributed by atoms with Crippen LogP contribution in [0, 0.1) is 0 Å². The summed E-state index contributed by atoms with van der Waals surface area (Å²) in [4.78, 5) is 249. The zero-order valence-electron chi connectivity index (χ0n) is 83.4. The molecule has 0 aromatic rings. The van der Waals surface area contributed by atoms with Gasteiger partial charge in [-0.1, -0.05) is 76.2 Å². The molecule has 0 radical (unpaired) electrons. The Morgan fingerprint density at radius 3 is 0.465 bits per heavy atom. The van der Waals surface area contributed by atoms with Gasteiger partial charge in [0.05, 0.1) is 76.3 Å². The average molecular weight is 1840 g/mol. The number of nitrogens with one attached hydrogen (secondary N) is 1. The largest absolute Gasteiger partial charge is 0.392 e. The Balaban J connectivity index is 7.36. The molecular weight excluding hydrogens is 1670 g/mol. The summed E-state index contributed by atoms with van der Waals surface area (Å²) in [5.41, 5.74) is 5.48. The molecule has 0 saturated heterocycles. The normalized spacial score (nSPS) is 15.1. The smallest absolute Gasteiger partial charge is 0.242 e. The number of nitrogens with zero attached hydrogens (tertiary/aromatic N) is 15. The lowest BCUT2D eigenvalue weighted by molar-refractivity contribution is -0.152. The summed E-state index contributed by atoms with van der Waals surface area (Å²) >= 11 is 0. The van der Waals surface area contributed by atoms with Crippen LogP contribution in [-0.2, 0) is 76.7 Å². The zero-order valence-corrected chi connectivity index (χ0v) is 83.4. The van der Waals surface area contributed by atoms with E-state index in [0.29, 0.717) is 64.2 Å². The summed E-state index contributed by atoms with van der Waals surface area (Å²) in [7, 11) is 0. The molecule has 0 rings (SSSR count). The molecule has 8 N–H and O–H groups in total. The molecule has 0 saturated carbocycles. The summed E-state index contributed by atoms with van der Waals surface area (Å²) in [5.74, 6) is -10.9. The van der Waals surface area contributed by atoms with E-state index >= 15 is 0 Å². The molecule has 16 amide bonds. The minimum Gasteiger partial charge on any atom is -0.392 e. The highest BCUT2D eigenvalue weighted by Crippen LogP contribution is 2.21. The van der Waals surface area contributed by atoms with Gasteiger partial charge in [-0.15, -0.1) is 0 Å². The highest BCUT2D eigenvalue weighted by atomic mass is 16.3. The Morgan fingerprint density at radius 2 is 0.333 bits per heavy atom. The third-order valence-corrected chi connectivity index (χ3v) is 24.5. The van der Waals surface area contributed by atoms with Gasteiger partial charge in [-0.3, -0.25) is 76.7 Å². The number of hydrogen-bond acceptors (Lipinski definition) is 22. The molecule has 0 aliphatic rings. The number of amides is 16. The molecule has 0 aliphatic carbocycles. The predicted molar refractivity (Wildman–Crippen MR) is 493 cm³/mol. The van der Waals surface area contributed by atoms with Crippen molar-refractivity contribution in [3.8, 4) is 0 Å². The topological polar surface area (TPSA) is 461 Å². The van der Waals surface area contributed by atoms with Crippen LogP contribution in [0.25, 0.3) is 0 Å². The summed E-state index contributed by atoms with van der Waals surface area (Å²) in [6.07, 6.45) is -1.51. The number of nitrogens with two attached hydrogens (primary N) is 1. The number of aliphatic hydroxyl groups excluding tert-OH is 5. The second kappa shape index (κ2) is 61.1. The maximum atomic E-state index is 15.0. The van der Waals surface area contributed by atoms with E-state index in [9.17, 15) is 102 Å². The van der Waals surface area contributed by atoms with Crippen LogP contribution >= 0.6 is 0 Å². The summed E-state index contributed by atoms with van der Waals surface area (Å²) in [6.45, 7) is 35.4. The van der Waals surface area contributed by atoms with Crippen LogP contribution in [0.4, 0.5) is 0 Å². The van der Waals surface area contributed by atoms with E-state index in [1.165, 1.54) is 88.5 Å². The molecular formula is C91H169N17O21. The second-order valence-electron chi connectivity index (χ2n) is 35.6. The van der Waals surface area contributed by atoms with Gasteiger partial charge in [0.1, 0.15) is 58.9 Å². The van der Waals surface area contributed by atoms with Gasteiger partial charge in [-0.25, -0.2) is 0 Å². The van der Waals surface area contributed by atoms with Crippen molar-refractivity contribution in [3.05, 3.63) is 0 Å². The molecule has 38 heteroatoms. The van der Waals surface area contributed by atoms with Crippen molar-refractivity contribution < 1.29 is 102 Å². The first-order valence-corrected chi connectivity index (χ1v) is 47.0. The third-order valence-electron chi connectivity index (χ3n) is 24.5. The number of carbonyl (C=O) groups is 16. The van der Waals surface area contributed by atoms with Crippen LogP contribution in [0.2, 0.25) is 0 Å². The van der Waals surface area contributed by atoms with E-state index in [1.807, 2.05) is 34.6 Å². The van der Waals surface area contributed by atoms with Gasteiger partial charge < -0.3 is 110 Å². The predicted octanol–water partition coefficient (Wildman–Crippen LogP) is 2.18. The number of hydrogen-bond donors (Lipinski definition) is 7. The van der Waals surface area contributed by atoms with E-state index < -0.39 is 285 Å². The Bertz CT molecular complexity index is 3520. The van der Waals surface area contributed by atoms with Crippen molar-refractivity contribution in [1.29, 1.82) is 0 Å². The van der Waals surface area contributed by atoms with E-state index in [-0.39, 0.29) is 44.2 Å². The molecule has 0 fully saturated rings. The quantitative estimate of drug-likeness (QED) is 0.0459. The molecule has 0 heterocycles. The van der Waals surface area contributed by atoms with E-state index in [4.69, 9.17) is 5.73 Å². The molecule has 0 aromatic heterocycles. The molecule has 0 aliphatic heterocycles. The lowest BCUT2D eigenvalue weighted by Gasteiger charge is -2.37. The lowest BCUT2D eigenvalue weighted by Crippen LogP contribution is -2.57. The van der Waals surface area contributed by atoms with Crippen molar-refractivity contribution in [1.82, 2.24) is 78.8 Å². The van der Waals surface area contributed by atoms with Crippen LogP contribution < -0.4 is 11.1 Å². The van der Waals surface area contributed by atoms with Crippen LogP contribution in [0.15, 0.2) is 0 Å². The SMILES string of the molecule is CCC(C)NCC(=O)N(CC(=O)N(CC(=O)N(CC(=O)N(CC(=O)N(CC(=O)N(CC(=O)N(CC(=O)N(CC(=O)N(CC(=O)N(CC(=O)N(CC(=O)N(CC(=O)N(CC(=O)N(CC(=O)N(CC(N)=O)C(C)CC)CC(C)O)C(C)CC)C(C)CC)CC(C)O)C(C)CC)C(C)CC)CC(C)O)C(C)CC)C(C)CC)CC(C)O)C(C)CC)C(C)CC)CC(C)O)C(C)CC. The van der Waals surface area contributed by atoms with Gasteiger partial charge in [0.2, 0.25) is 94.5 Å². The number of primary amides is 1. The average Bonchev–Trinajstić information content (AvgIpc) is 0.837. The van der Waals surface area contributed by atoms with Crippen molar-refractivity contribution in [3.63, 3.8) is 0 Å². The van der Waals surface area contributed by atoms with Crippen LogP contribution in [0.3, 0.4) is 0 Å². The summed E-state index contributed by atoms with van der Waals surface area (Å²) in [6, 6.07) is -5.85. The highest BCUT2D eigenvalue weighted by Gasteiger charge is 2.40. The van der Waals surface area contributed by atoms with Gasteiger partial charge in [-0.05, 0) is 181 Å². The monoisotopic (exact) mass is 1840 g/mol. The maximum Gasteiger partial charge on any atom is 0.242 e. The Morgan fingerprint density at radius 1 is 0.202 bits per heavy atom. The van der Waals surface area contributed by atoms with Gasteiger partial charge in [0.25, 0.3) is 0 Å². The van der Waals surface area contributed by atoms with Gasteiger partial charge >= 0.3 is 0 Å². The summed E-state index contributed by atoms with van der Waals surface area (Å²) < 4.78 is 0. The Labute approximate surface area is 769 Å². The fraction of sp³-hybridized carbons (Fsp3) is 0.824. The minimum atomic E-state index is -1.23. The van der Waals surface area contributed by atoms with Gasteiger partial charge in [0.15, 0.2) is 0 Å². The highest BCUT2D eigenvalue weighted by molar-refractivity contribution is 5.97. The van der Waals surface area contributed by atoms with Gasteiger partial charge in [-0.2, -0.15) is 0 Å².